The second-order valence-electron chi connectivity index (χ2n) is 5.12. The lowest BCUT2D eigenvalue weighted by atomic mass is 10.2. The third kappa shape index (κ3) is 3.74. The Morgan fingerprint density at radius 2 is 2.08 bits per heavy atom. The van der Waals surface area contributed by atoms with Gasteiger partial charge in [0.25, 0.3) is 10.0 Å². The molecule has 3 rings (SSSR count). The van der Waals surface area contributed by atoms with Gasteiger partial charge in [0.15, 0.2) is 5.13 Å². The average molecular weight is 412 g/mol. The summed E-state index contributed by atoms with van der Waals surface area (Å²) in [6, 6.07) is 8.58. The van der Waals surface area contributed by atoms with E-state index in [1.807, 2.05) is 6.92 Å². The van der Waals surface area contributed by atoms with E-state index in [9.17, 15) is 18.3 Å². The molecule has 0 unspecified atom stereocenters. The van der Waals surface area contributed by atoms with Crippen LogP contribution in [0.2, 0.25) is 5.02 Å². The maximum absolute atomic E-state index is 12.5. The molecule has 1 N–H and O–H groups in total. The van der Waals surface area contributed by atoms with Crippen LogP contribution in [0.1, 0.15) is 17.3 Å². The summed E-state index contributed by atoms with van der Waals surface area (Å²) in [4.78, 5) is 15.0. The molecule has 0 spiro atoms. The van der Waals surface area contributed by atoms with Crippen LogP contribution in [-0.2, 0) is 10.0 Å². The lowest BCUT2D eigenvalue weighted by molar-refractivity contribution is -0.255. The van der Waals surface area contributed by atoms with Crippen LogP contribution in [0.3, 0.4) is 0 Å². The normalized spacial score (nSPS) is 11.5. The van der Waals surface area contributed by atoms with E-state index in [1.54, 1.807) is 18.2 Å². The van der Waals surface area contributed by atoms with Crippen LogP contribution in [0.25, 0.3) is 10.2 Å². The minimum Gasteiger partial charge on any atom is -0.545 e. The molecule has 0 radical (unpaired) electrons. The van der Waals surface area contributed by atoms with E-state index in [2.05, 4.69) is 9.71 Å². The van der Waals surface area contributed by atoms with E-state index in [1.165, 1.54) is 12.1 Å². The fourth-order valence-corrected chi connectivity index (χ4v) is 4.56. The lowest BCUT2D eigenvalue weighted by Crippen LogP contribution is -2.23. The molecule has 0 atom stereocenters. The number of ether oxygens (including phenoxy) is 1. The van der Waals surface area contributed by atoms with Gasteiger partial charge in [-0.1, -0.05) is 22.9 Å². The maximum Gasteiger partial charge on any atom is 0.263 e. The summed E-state index contributed by atoms with van der Waals surface area (Å²) in [5.41, 5.74) is 0.211. The van der Waals surface area contributed by atoms with Crippen LogP contribution in [0.5, 0.6) is 5.75 Å². The number of aromatic carboxylic acids is 1. The smallest absolute Gasteiger partial charge is 0.263 e. The Hall–Kier alpha value is -2.36. The monoisotopic (exact) mass is 411 g/mol. The first-order chi connectivity index (χ1) is 12.3. The number of anilines is 1. The molecule has 0 bridgehead atoms. The van der Waals surface area contributed by atoms with Gasteiger partial charge >= 0.3 is 0 Å². The van der Waals surface area contributed by atoms with Crippen molar-refractivity contribution in [1.29, 1.82) is 0 Å². The molecule has 1 aromatic heterocycles. The number of rotatable bonds is 6. The Kier molecular flexibility index (Phi) is 5.03. The number of nitrogens with one attached hydrogen (secondary N) is 1. The number of carbonyl (C=O) groups is 1. The Morgan fingerprint density at radius 1 is 1.31 bits per heavy atom. The third-order valence-electron chi connectivity index (χ3n) is 3.36. The molecular weight excluding hydrogens is 400 g/mol. The predicted octanol–water partition coefficient (Wildman–Crippen LogP) is 2.51. The van der Waals surface area contributed by atoms with Gasteiger partial charge in [0.1, 0.15) is 5.75 Å². The largest absolute Gasteiger partial charge is 0.545 e. The molecule has 7 nitrogen and oxygen atoms in total. The van der Waals surface area contributed by atoms with E-state index in [-0.39, 0.29) is 15.0 Å². The van der Waals surface area contributed by atoms with Crippen LogP contribution in [0.15, 0.2) is 41.3 Å². The molecule has 3 aromatic rings. The van der Waals surface area contributed by atoms with Crippen LogP contribution in [0.4, 0.5) is 5.13 Å². The number of benzene rings is 2. The summed E-state index contributed by atoms with van der Waals surface area (Å²) in [6.45, 7) is 2.38. The van der Waals surface area contributed by atoms with Crippen molar-refractivity contribution < 1.29 is 23.1 Å². The second-order valence-corrected chi connectivity index (χ2v) is 8.24. The molecule has 1 heterocycles. The first-order valence-electron chi connectivity index (χ1n) is 7.37. The molecule has 0 amide bonds. The SMILES string of the molecule is CCOc1ccc2nc(NS(=O)(=O)c3ccc(Cl)c(C(=O)[O-])c3)sc2c1. The van der Waals surface area contributed by atoms with Crippen molar-refractivity contribution >= 4 is 54.3 Å². The topological polar surface area (TPSA) is 108 Å². The van der Waals surface area contributed by atoms with E-state index < -0.39 is 21.6 Å². The van der Waals surface area contributed by atoms with Crippen molar-refractivity contribution in [3.63, 3.8) is 0 Å². The minimum atomic E-state index is -4.04. The van der Waals surface area contributed by atoms with Crippen LogP contribution in [-0.4, -0.2) is 26.0 Å². The van der Waals surface area contributed by atoms with Gasteiger partial charge in [-0.05, 0) is 43.3 Å². The van der Waals surface area contributed by atoms with Crippen LogP contribution in [0, 0.1) is 0 Å². The summed E-state index contributed by atoms with van der Waals surface area (Å²) in [7, 11) is -4.04. The molecular formula is C16H12ClN2O5S2-. The summed E-state index contributed by atoms with van der Waals surface area (Å²) in [5.74, 6) is -0.898. The maximum atomic E-state index is 12.5. The number of carboxylic acids is 1. The number of carbonyl (C=O) groups excluding carboxylic acids is 1. The molecule has 136 valence electrons. The highest BCUT2D eigenvalue weighted by Gasteiger charge is 2.18. The quantitative estimate of drug-likeness (QED) is 0.667. The minimum absolute atomic E-state index is 0.104. The van der Waals surface area contributed by atoms with Gasteiger partial charge in [0, 0.05) is 10.6 Å². The lowest BCUT2D eigenvalue weighted by Gasteiger charge is -2.09. The second kappa shape index (κ2) is 7.10. The zero-order valence-electron chi connectivity index (χ0n) is 13.4. The van der Waals surface area contributed by atoms with Crippen molar-refractivity contribution in [1.82, 2.24) is 4.98 Å². The average Bonchev–Trinajstić information content (AvgIpc) is 2.95. The highest BCUT2D eigenvalue weighted by Crippen LogP contribution is 2.31. The van der Waals surface area contributed by atoms with E-state index in [4.69, 9.17) is 16.3 Å². The van der Waals surface area contributed by atoms with Gasteiger partial charge in [0.2, 0.25) is 0 Å². The van der Waals surface area contributed by atoms with Crippen molar-refractivity contribution in [2.75, 3.05) is 11.3 Å². The van der Waals surface area contributed by atoms with E-state index >= 15 is 0 Å². The number of sulfonamides is 1. The highest BCUT2D eigenvalue weighted by molar-refractivity contribution is 7.93. The van der Waals surface area contributed by atoms with Crippen molar-refractivity contribution in [2.45, 2.75) is 11.8 Å². The van der Waals surface area contributed by atoms with Crippen molar-refractivity contribution in [3.8, 4) is 5.75 Å². The molecule has 26 heavy (non-hydrogen) atoms. The van der Waals surface area contributed by atoms with Gasteiger partial charge < -0.3 is 14.6 Å². The summed E-state index contributed by atoms with van der Waals surface area (Å²) < 4.78 is 33.5. The molecule has 0 fully saturated rings. The fourth-order valence-electron chi connectivity index (χ4n) is 2.21. The highest BCUT2D eigenvalue weighted by atomic mass is 35.5. The van der Waals surface area contributed by atoms with Gasteiger partial charge in [-0.2, -0.15) is 0 Å². The molecule has 0 aliphatic heterocycles. The Morgan fingerprint density at radius 3 is 2.77 bits per heavy atom. The number of fused-ring (bicyclic) bond motifs is 1. The Labute approximate surface area is 158 Å². The number of carboxylic acid groups (broad SMARTS) is 1. The number of nitrogens with zero attached hydrogens (tertiary/aromatic N) is 1. The Bertz CT molecular complexity index is 1100. The predicted molar refractivity (Wildman–Crippen MR) is 97.4 cm³/mol. The van der Waals surface area contributed by atoms with Crippen LogP contribution < -0.4 is 14.6 Å². The molecule has 0 aliphatic rings. The van der Waals surface area contributed by atoms with Gasteiger partial charge in [-0.25, -0.2) is 13.4 Å². The zero-order chi connectivity index (χ0) is 18.9. The van der Waals surface area contributed by atoms with Crippen molar-refractivity contribution in [2.24, 2.45) is 0 Å². The van der Waals surface area contributed by atoms with E-state index in [0.717, 1.165) is 22.1 Å². The number of aromatic nitrogens is 1. The van der Waals surface area contributed by atoms with E-state index in [0.29, 0.717) is 17.9 Å². The Balaban J connectivity index is 1.93. The summed E-state index contributed by atoms with van der Waals surface area (Å²) >= 11 is 6.87. The number of hydrogen-bond donors (Lipinski definition) is 1. The van der Waals surface area contributed by atoms with Crippen molar-refractivity contribution in [3.05, 3.63) is 47.0 Å². The third-order valence-corrected chi connectivity index (χ3v) is 6.09. The summed E-state index contributed by atoms with van der Waals surface area (Å²) in [5, 5.41) is 11.1. The number of thiazole rings is 1. The van der Waals surface area contributed by atoms with Crippen LogP contribution >= 0.6 is 22.9 Å². The zero-order valence-corrected chi connectivity index (χ0v) is 15.7. The van der Waals surface area contributed by atoms with Gasteiger partial charge in [-0.3, -0.25) is 4.72 Å². The van der Waals surface area contributed by atoms with Gasteiger partial charge in [-0.15, -0.1) is 0 Å². The molecule has 0 aliphatic carbocycles. The molecule has 0 saturated carbocycles. The first-order valence-corrected chi connectivity index (χ1v) is 10.0. The number of halogens is 1. The standard InChI is InChI=1S/C16H13ClN2O5S2/c1-2-24-9-3-6-13-14(7-9)25-16(18-13)19-26(22,23)10-4-5-12(17)11(8-10)15(20)21/h3-8H,2H2,1H3,(H,18,19)(H,20,21)/p-1. The molecule has 2 aromatic carbocycles. The molecule has 0 saturated heterocycles. The fraction of sp³-hybridized carbons (Fsp3) is 0.125. The molecule has 10 heteroatoms. The number of hydrogen-bond acceptors (Lipinski definition) is 7. The van der Waals surface area contributed by atoms with Gasteiger partial charge in [0.05, 0.1) is 27.7 Å². The summed E-state index contributed by atoms with van der Waals surface area (Å²) in [6.07, 6.45) is 0. The first kappa shape index (κ1) is 18.4.